The Morgan fingerprint density at radius 1 is 1.15 bits per heavy atom. The van der Waals surface area contributed by atoms with E-state index in [4.69, 9.17) is 25.4 Å². The third kappa shape index (κ3) is 6.89. The Balaban J connectivity index is 3.85. The van der Waals surface area contributed by atoms with Crippen LogP contribution in [0.25, 0.3) is 0 Å². The van der Waals surface area contributed by atoms with Crippen LogP contribution in [0.1, 0.15) is 13.8 Å². The van der Waals surface area contributed by atoms with Crippen molar-refractivity contribution in [3.05, 3.63) is 0 Å². The smallest absolute Gasteiger partial charge is 0.309 e. The molecule has 13 heavy (non-hydrogen) atoms. The van der Waals surface area contributed by atoms with Gasteiger partial charge < -0.3 is 13.6 Å². The Morgan fingerprint density at radius 3 is 2.08 bits per heavy atom. The molecule has 0 radical (unpaired) electrons. The molecule has 0 bridgehead atoms. The highest BCUT2D eigenvalue weighted by atomic mass is 32.5. The highest BCUT2D eigenvalue weighted by Gasteiger charge is 2.18. The van der Waals surface area contributed by atoms with Crippen molar-refractivity contribution in [2.75, 3.05) is 31.8 Å². The molecule has 0 aromatic heterocycles. The highest BCUT2D eigenvalue weighted by molar-refractivity contribution is 8.07. The molecule has 0 aliphatic heterocycles. The molecule has 0 rings (SSSR count). The molecule has 0 aromatic carbocycles. The predicted molar refractivity (Wildman–Crippen MR) is 61.9 cm³/mol. The SMILES string of the molecule is CCOP(=S)(OCC)OCCSC. The molecule has 0 heterocycles. The zero-order chi connectivity index (χ0) is 10.2. The van der Waals surface area contributed by atoms with Crippen molar-refractivity contribution in [3.8, 4) is 0 Å². The van der Waals surface area contributed by atoms with Crippen LogP contribution in [0.5, 0.6) is 0 Å². The van der Waals surface area contributed by atoms with Gasteiger partial charge in [0.2, 0.25) is 0 Å². The Hall–Kier alpha value is 0.880. The number of rotatable bonds is 8. The van der Waals surface area contributed by atoms with Crippen molar-refractivity contribution in [2.24, 2.45) is 0 Å². The van der Waals surface area contributed by atoms with E-state index in [0.29, 0.717) is 19.8 Å². The van der Waals surface area contributed by atoms with Gasteiger partial charge >= 0.3 is 6.72 Å². The summed E-state index contributed by atoms with van der Waals surface area (Å²) in [5, 5.41) is 0. The number of hydrogen-bond acceptors (Lipinski definition) is 5. The van der Waals surface area contributed by atoms with Crippen LogP contribution in [0, 0.1) is 0 Å². The van der Waals surface area contributed by atoms with Gasteiger partial charge in [-0.05, 0) is 31.9 Å². The van der Waals surface area contributed by atoms with Crippen LogP contribution in [0.15, 0.2) is 0 Å². The molecule has 3 nitrogen and oxygen atoms in total. The largest absolute Gasteiger partial charge is 0.327 e. The van der Waals surface area contributed by atoms with Crippen LogP contribution >= 0.6 is 18.5 Å². The van der Waals surface area contributed by atoms with E-state index in [1.165, 1.54) is 0 Å². The molecule has 0 aromatic rings. The van der Waals surface area contributed by atoms with Crippen LogP contribution in [-0.2, 0) is 25.4 Å². The van der Waals surface area contributed by atoms with Gasteiger partial charge in [0.1, 0.15) is 0 Å². The second-order valence-corrected chi connectivity index (χ2v) is 6.11. The van der Waals surface area contributed by atoms with E-state index in [9.17, 15) is 0 Å². The summed E-state index contributed by atoms with van der Waals surface area (Å²) in [5.41, 5.74) is 0. The topological polar surface area (TPSA) is 27.7 Å². The molecular weight excluding hydrogens is 227 g/mol. The first-order chi connectivity index (χ1) is 6.18. The predicted octanol–water partition coefficient (Wildman–Crippen LogP) is 2.66. The monoisotopic (exact) mass is 244 g/mol. The Labute approximate surface area is 89.8 Å². The minimum Gasteiger partial charge on any atom is -0.309 e. The van der Waals surface area contributed by atoms with E-state index < -0.39 is 6.72 Å². The molecule has 0 spiro atoms. The van der Waals surface area contributed by atoms with Crippen molar-refractivity contribution < 1.29 is 13.6 Å². The summed E-state index contributed by atoms with van der Waals surface area (Å²) < 4.78 is 16.0. The molecule has 0 aliphatic carbocycles. The zero-order valence-electron chi connectivity index (χ0n) is 8.32. The zero-order valence-corrected chi connectivity index (χ0v) is 10.8. The summed E-state index contributed by atoms with van der Waals surface area (Å²) in [5.74, 6) is 0.915. The van der Waals surface area contributed by atoms with Gasteiger partial charge in [0.05, 0.1) is 19.8 Å². The third-order valence-electron chi connectivity index (χ3n) is 1.11. The molecule has 0 aliphatic rings. The summed E-state index contributed by atoms with van der Waals surface area (Å²) in [7, 11) is 0. The first kappa shape index (κ1) is 13.9. The van der Waals surface area contributed by atoms with Crippen molar-refractivity contribution in [1.82, 2.24) is 0 Å². The van der Waals surface area contributed by atoms with Gasteiger partial charge in [0.15, 0.2) is 0 Å². The summed E-state index contributed by atoms with van der Waals surface area (Å²) in [4.78, 5) is 0. The quantitative estimate of drug-likeness (QED) is 0.483. The van der Waals surface area contributed by atoms with Crippen molar-refractivity contribution in [3.63, 3.8) is 0 Å². The molecule has 0 N–H and O–H groups in total. The fourth-order valence-electron chi connectivity index (χ4n) is 0.660. The summed E-state index contributed by atoms with van der Waals surface area (Å²) in [6.45, 7) is 3.02. The minimum absolute atomic E-state index is 0.538. The molecule has 0 saturated carbocycles. The Bertz CT molecular complexity index is 156. The molecule has 80 valence electrons. The number of thioether (sulfide) groups is 1. The second-order valence-electron chi connectivity index (χ2n) is 2.11. The lowest BCUT2D eigenvalue weighted by molar-refractivity contribution is 0.174. The molecule has 0 unspecified atom stereocenters. The molecule has 6 heteroatoms. The average Bonchev–Trinajstić information content (AvgIpc) is 2.05. The fourth-order valence-corrected chi connectivity index (χ4v) is 3.06. The van der Waals surface area contributed by atoms with E-state index in [1.807, 2.05) is 20.1 Å². The Morgan fingerprint density at radius 2 is 1.69 bits per heavy atom. The van der Waals surface area contributed by atoms with Gasteiger partial charge in [-0.1, -0.05) is 0 Å². The maximum atomic E-state index is 5.41. The summed E-state index contributed by atoms with van der Waals surface area (Å²) >= 11 is 6.86. The molecule has 0 fully saturated rings. The van der Waals surface area contributed by atoms with Gasteiger partial charge in [-0.25, -0.2) is 0 Å². The minimum atomic E-state index is -2.43. The first-order valence-corrected chi connectivity index (χ1v) is 8.16. The van der Waals surface area contributed by atoms with Crippen LogP contribution in [0.4, 0.5) is 0 Å². The van der Waals surface area contributed by atoms with Gasteiger partial charge in [0, 0.05) is 5.75 Å². The van der Waals surface area contributed by atoms with Crippen LogP contribution in [0.3, 0.4) is 0 Å². The van der Waals surface area contributed by atoms with Crippen molar-refractivity contribution in [2.45, 2.75) is 13.8 Å². The van der Waals surface area contributed by atoms with Gasteiger partial charge in [-0.15, -0.1) is 0 Å². The average molecular weight is 244 g/mol. The van der Waals surface area contributed by atoms with Crippen LogP contribution < -0.4 is 0 Å². The maximum absolute atomic E-state index is 5.41. The molecule has 0 atom stereocenters. The molecule has 0 saturated heterocycles. The lowest BCUT2D eigenvalue weighted by Crippen LogP contribution is -2.02. The molecular formula is C7H17O3PS2. The lowest BCUT2D eigenvalue weighted by Gasteiger charge is -2.19. The van der Waals surface area contributed by atoms with E-state index in [-0.39, 0.29) is 0 Å². The fraction of sp³-hybridized carbons (Fsp3) is 1.00. The standard InChI is InChI=1S/C7H17O3PS2/c1-4-8-11(12,9-5-2)10-6-7-13-3/h4-7H2,1-3H3. The number of hydrogen-bond donors (Lipinski definition) is 0. The van der Waals surface area contributed by atoms with E-state index in [0.717, 1.165) is 5.75 Å². The van der Waals surface area contributed by atoms with Gasteiger partial charge in [-0.2, -0.15) is 11.8 Å². The van der Waals surface area contributed by atoms with E-state index in [2.05, 4.69) is 0 Å². The summed E-state index contributed by atoms with van der Waals surface area (Å²) in [6.07, 6.45) is 2.02. The van der Waals surface area contributed by atoms with Gasteiger partial charge in [-0.3, -0.25) is 0 Å². The maximum Gasteiger partial charge on any atom is 0.327 e. The van der Waals surface area contributed by atoms with Crippen LogP contribution in [-0.4, -0.2) is 31.8 Å². The normalized spacial score (nSPS) is 11.9. The Kier molecular flexibility index (Phi) is 8.77. The van der Waals surface area contributed by atoms with Gasteiger partial charge in [0.25, 0.3) is 0 Å². The van der Waals surface area contributed by atoms with E-state index >= 15 is 0 Å². The van der Waals surface area contributed by atoms with E-state index in [1.54, 1.807) is 11.8 Å². The third-order valence-corrected chi connectivity index (χ3v) is 4.28. The highest BCUT2D eigenvalue weighted by Crippen LogP contribution is 2.49. The van der Waals surface area contributed by atoms with Crippen molar-refractivity contribution >= 4 is 30.3 Å². The van der Waals surface area contributed by atoms with Crippen molar-refractivity contribution in [1.29, 1.82) is 0 Å². The molecule has 0 amide bonds. The summed E-state index contributed by atoms with van der Waals surface area (Å²) in [6, 6.07) is 0. The lowest BCUT2D eigenvalue weighted by atomic mass is 10.9. The first-order valence-electron chi connectivity index (χ1n) is 4.21. The van der Waals surface area contributed by atoms with Crippen LogP contribution in [0.2, 0.25) is 0 Å². The second kappa shape index (κ2) is 8.21.